The second-order valence-electron chi connectivity index (χ2n) is 7.24. The van der Waals surface area contributed by atoms with Gasteiger partial charge in [-0.3, -0.25) is 4.90 Å². The zero-order valence-corrected chi connectivity index (χ0v) is 14.4. The zero-order valence-electron chi connectivity index (χ0n) is 14.4. The van der Waals surface area contributed by atoms with E-state index in [1.807, 2.05) is 0 Å². The van der Waals surface area contributed by atoms with Gasteiger partial charge in [-0.05, 0) is 38.8 Å². The quantitative estimate of drug-likeness (QED) is 0.809. The Morgan fingerprint density at radius 3 is 1.71 bits per heavy atom. The number of nitrogens with one attached hydrogen (secondary N) is 1. The van der Waals surface area contributed by atoms with Crippen LogP contribution in [0.3, 0.4) is 0 Å². The van der Waals surface area contributed by atoms with Gasteiger partial charge in [-0.25, -0.2) is 0 Å². The van der Waals surface area contributed by atoms with E-state index in [0.29, 0.717) is 0 Å². The summed E-state index contributed by atoms with van der Waals surface area (Å²) in [5.41, 5.74) is 0. The average molecular weight is 295 g/mol. The van der Waals surface area contributed by atoms with Crippen molar-refractivity contribution in [2.45, 2.75) is 102 Å². The highest BCUT2D eigenvalue weighted by atomic mass is 15.2. The fourth-order valence-corrected chi connectivity index (χ4v) is 4.40. The van der Waals surface area contributed by atoms with E-state index < -0.39 is 0 Å². The van der Waals surface area contributed by atoms with E-state index in [2.05, 4.69) is 17.1 Å². The normalized spacial score (nSPS) is 28.0. The number of nitrogens with zero attached hydrogens (tertiary/aromatic N) is 1. The van der Waals surface area contributed by atoms with E-state index in [1.54, 1.807) is 0 Å². The standard InChI is InChI=1S/C19H38N2/c1-2-21(19-15-12-16-20-17-19)18-13-10-8-6-4-3-5-7-9-11-14-18/h18-20H,2-17H2,1H3. The van der Waals surface area contributed by atoms with E-state index in [-0.39, 0.29) is 0 Å². The van der Waals surface area contributed by atoms with Crippen molar-refractivity contribution in [1.82, 2.24) is 10.2 Å². The molecule has 1 saturated heterocycles. The molecule has 0 amide bonds. The first-order valence-electron chi connectivity index (χ1n) is 9.88. The minimum atomic E-state index is 0.807. The van der Waals surface area contributed by atoms with Crippen LogP contribution in [0, 0.1) is 0 Å². The molecule has 0 radical (unpaired) electrons. The maximum atomic E-state index is 3.62. The average Bonchev–Trinajstić information content (AvgIpc) is 2.51. The summed E-state index contributed by atoms with van der Waals surface area (Å²) in [4.78, 5) is 2.86. The lowest BCUT2D eigenvalue weighted by molar-refractivity contribution is 0.103. The molecule has 2 fully saturated rings. The molecule has 2 rings (SSSR count). The number of piperidine rings is 1. The Labute approximate surface area is 133 Å². The van der Waals surface area contributed by atoms with Crippen LogP contribution in [0.2, 0.25) is 0 Å². The molecule has 1 unspecified atom stereocenters. The van der Waals surface area contributed by atoms with Crippen LogP contribution in [0.25, 0.3) is 0 Å². The molecule has 1 atom stereocenters. The molecule has 1 aliphatic heterocycles. The molecular weight excluding hydrogens is 256 g/mol. The van der Waals surface area contributed by atoms with Crippen LogP contribution in [0.15, 0.2) is 0 Å². The van der Waals surface area contributed by atoms with Crippen molar-refractivity contribution >= 4 is 0 Å². The number of rotatable bonds is 3. The van der Waals surface area contributed by atoms with Crippen LogP contribution in [0.4, 0.5) is 0 Å². The predicted molar refractivity (Wildman–Crippen MR) is 92.8 cm³/mol. The number of likely N-dealkylation sites (N-methyl/N-ethyl adjacent to an activating group) is 1. The smallest absolute Gasteiger partial charge is 0.0223 e. The fourth-order valence-electron chi connectivity index (χ4n) is 4.40. The summed E-state index contributed by atoms with van der Waals surface area (Å²) >= 11 is 0. The summed E-state index contributed by atoms with van der Waals surface area (Å²) in [6, 6.07) is 1.67. The summed E-state index contributed by atoms with van der Waals surface area (Å²) in [7, 11) is 0. The molecule has 0 aromatic rings. The molecular formula is C19H38N2. The second kappa shape index (κ2) is 10.6. The minimum absolute atomic E-state index is 0.807. The van der Waals surface area contributed by atoms with Crippen molar-refractivity contribution in [3.63, 3.8) is 0 Å². The van der Waals surface area contributed by atoms with E-state index in [0.717, 1.165) is 12.1 Å². The Kier molecular flexibility index (Phi) is 8.73. The summed E-state index contributed by atoms with van der Waals surface area (Å²) in [6.45, 7) is 6.09. The molecule has 0 aromatic carbocycles. The molecule has 0 aromatic heterocycles. The number of hydrogen-bond acceptors (Lipinski definition) is 2. The molecule has 2 nitrogen and oxygen atoms in total. The molecule has 2 aliphatic rings. The van der Waals surface area contributed by atoms with Gasteiger partial charge in [0.05, 0.1) is 0 Å². The first kappa shape index (κ1) is 17.3. The van der Waals surface area contributed by atoms with Gasteiger partial charge in [-0.2, -0.15) is 0 Å². The molecule has 0 bridgehead atoms. The third-order valence-corrected chi connectivity index (χ3v) is 5.65. The summed E-state index contributed by atoms with van der Waals surface area (Å²) in [6.07, 6.45) is 18.9. The molecule has 0 spiro atoms. The molecule has 124 valence electrons. The molecule has 1 heterocycles. The minimum Gasteiger partial charge on any atom is -0.315 e. The summed E-state index contributed by atoms with van der Waals surface area (Å²) < 4.78 is 0. The van der Waals surface area contributed by atoms with Gasteiger partial charge in [0.25, 0.3) is 0 Å². The monoisotopic (exact) mass is 294 g/mol. The summed E-state index contributed by atoms with van der Waals surface area (Å²) in [5.74, 6) is 0. The van der Waals surface area contributed by atoms with Crippen molar-refractivity contribution in [1.29, 1.82) is 0 Å². The van der Waals surface area contributed by atoms with Crippen molar-refractivity contribution in [3.05, 3.63) is 0 Å². The highest BCUT2D eigenvalue weighted by molar-refractivity contribution is 4.83. The van der Waals surface area contributed by atoms with Crippen LogP contribution >= 0.6 is 0 Å². The van der Waals surface area contributed by atoms with Crippen LogP contribution in [0.1, 0.15) is 90.4 Å². The van der Waals surface area contributed by atoms with Crippen LogP contribution in [-0.2, 0) is 0 Å². The second-order valence-corrected chi connectivity index (χ2v) is 7.24. The van der Waals surface area contributed by atoms with Gasteiger partial charge in [0, 0.05) is 18.6 Å². The molecule has 1 aliphatic carbocycles. The zero-order chi connectivity index (χ0) is 14.8. The van der Waals surface area contributed by atoms with E-state index >= 15 is 0 Å². The van der Waals surface area contributed by atoms with Crippen molar-refractivity contribution in [2.75, 3.05) is 19.6 Å². The van der Waals surface area contributed by atoms with Crippen LogP contribution in [0.5, 0.6) is 0 Å². The maximum Gasteiger partial charge on any atom is 0.0223 e. The van der Waals surface area contributed by atoms with E-state index in [4.69, 9.17) is 0 Å². The third kappa shape index (κ3) is 6.28. The predicted octanol–water partition coefficient (Wildman–Crippen LogP) is 4.73. The van der Waals surface area contributed by atoms with Gasteiger partial charge in [0.2, 0.25) is 0 Å². The molecule has 21 heavy (non-hydrogen) atoms. The van der Waals surface area contributed by atoms with Crippen molar-refractivity contribution in [3.8, 4) is 0 Å². The Morgan fingerprint density at radius 1 is 0.714 bits per heavy atom. The Balaban J connectivity index is 1.87. The fraction of sp³-hybridized carbons (Fsp3) is 1.00. The van der Waals surface area contributed by atoms with Gasteiger partial charge in [-0.15, -0.1) is 0 Å². The van der Waals surface area contributed by atoms with Gasteiger partial charge in [-0.1, -0.05) is 64.7 Å². The van der Waals surface area contributed by atoms with Crippen LogP contribution < -0.4 is 5.32 Å². The van der Waals surface area contributed by atoms with Crippen LogP contribution in [-0.4, -0.2) is 36.6 Å². The molecule has 1 N–H and O–H groups in total. The molecule has 1 saturated carbocycles. The van der Waals surface area contributed by atoms with Gasteiger partial charge >= 0.3 is 0 Å². The Bertz CT molecular complexity index is 236. The lowest BCUT2D eigenvalue weighted by Gasteiger charge is -2.40. The van der Waals surface area contributed by atoms with Gasteiger partial charge in [0.15, 0.2) is 0 Å². The maximum absolute atomic E-state index is 3.62. The van der Waals surface area contributed by atoms with Gasteiger partial charge in [0.1, 0.15) is 0 Å². The third-order valence-electron chi connectivity index (χ3n) is 5.65. The lowest BCUT2D eigenvalue weighted by Crippen LogP contribution is -2.50. The van der Waals surface area contributed by atoms with E-state index in [9.17, 15) is 0 Å². The first-order valence-corrected chi connectivity index (χ1v) is 9.88. The highest BCUT2D eigenvalue weighted by Gasteiger charge is 2.25. The molecule has 2 heteroatoms. The number of hydrogen-bond donors (Lipinski definition) is 1. The topological polar surface area (TPSA) is 15.3 Å². The van der Waals surface area contributed by atoms with Crippen molar-refractivity contribution in [2.24, 2.45) is 0 Å². The SMILES string of the molecule is CCN(C1CCCCCCCCCCC1)C1CCCNC1. The lowest BCUT2D eigenvalue weighted by atomic mass is 9.94. The van der Waals surface area contributed by atoms with Crippen molar-refractivity contribution < 1.29 is 0 Å². The Morgan fingerprint density at radius 2 is 1.24 bits per heavy atom. The van der Waals surface area contributed by atoms with E-state index in [1.165, 1.54) is 103 Å². The van der Waals surface area contributed by atoms with Gasteiger partial charge < -0.3 is 5.32 Å². The largest absolute Gasteiger partial charge is 0.315 e. The summed E-state index contributed by atoms with van der Waals surface area (Å²) in [5, 5.41) is 3.62. The Hall–Kier alpha value is -0.0800. The highest BCUT2D eigenvalue weighted by Crippen LogP contribution is 2.23. The first-order chi connectivity index (χ1) is 10.4.